The molecule has 1 aromatic rings. The van der Waals surface area contributed by atoms with E-state index in [1.165, 1.54) is 9.21 Å². The van der Waals surface area contributed by atoms with Gasteiger partial charge in [-0.1, -0.05) is 24.3 Å². The Morgan fingerprint density at radius 2 is 1.77 bits per heavy atom. The van der Waals surface area contributed by atoms with Crippen molar-refractivity contribution >= 4 is 21.9 Å². The van der Waals surface area contributed by atoms with Gasteiger partial charge in [-0.2, -0.15) is 0 Å². The molecule has 2 heterocycles. The quantitative estimate of drug-likeness (QED) is 0.844. The topological polar surface area (TPSA) is 95.0 Å². The van der Waals surface area contributed by atoms with E-state index >= 15 is 0 Å². The highest BCUT2D eigenvalue weighted by molar-refractivity contribution is 7.89. The lowest BCUT2D eigenvalue weighted by molar-refractivity contribution is -0.153. The zero-order valence-electron chi connectivity index (χ0n) is 14.8. The van der Waals surface area contributed by atoms with E-state index < -0.39 is 22.0 Å². The van der Waals surface area contributed by atoms with Crippen LogP contribution in [-0.4, -0.2) is 59.5 Å². The van der Waals surface area contributed by atoms with Crippen LogP contribution in [0.5, 0.6) is 0 Å². The van der Waals surface area contributed by atoms with Gasteiger partial charge in [0.05, 0.1) is 5.75 Å². The summed E-state index contributed by atoms with van der Waals surface area (Å²) in [6.45, 7) is 2.53. The van der Waals surface area contributed by atoms with Crippen LogP contribution in [0.25, 0.3) is 0 Å². The molecule has 1 atom stereocenters. The van der Waals surface area contributed by atoms with Crippen LogP contribution in [-0.2, 0) is 32.6 Å². The van der Waals surface area contributed by atoms with Crippen molar-refractivity contribution in [1.29, 1.82) is 0 Å². The van der Waals surface area contributed by atoms with E-state index in [9.17, 15) is 23.1 Å². The number of aliphatic carboxylic acids is 1. The van der Waals surface area contributed by atoms with E-state index in [1.54, 1.807) is 6.92 Å². The summed E-state index contributed by atoms with van der Waals surface area (Å²) in [7, 11) is -3.25. The molecular weight excluding hydrogens is 356 g/mol. The standard InChI is InChI=1S/C18H24N2O5S/c1-2-26(24,25)19-9-7-13(8-10-19)17(21)20-12-15-6-4-3-5-14(15)11-16(20)18(22)23/h3-6,13,16H,2,7-12H2,1H3,(H,22,23). The first-order valence-electron chi connectivity index (χ1n) is 8.91. The van der Waals surface area contributed by atoms with E-state index in [0.717, 1.165) is 11.1 Å². The minimum Gasteiger partial charge on any atom is -0.480 e. The molecule has 1 unspecified atom stereocenters. The fourth-order valence-corrected chi connectivity index (χ4v) is 4.91. The van der Waals surface area contributed by atoms with Crippen LogP contribution in [0.15, 0.2) is 24.3 Å². The van der Waals surface area contributed by atoms with Crippen molar-refractivity contribution in [3.05, 3.63) is 35.4 Å². The summed E-state index contributed by atoms with van der Waals surface area (Å²) >= 11 is 0. The zero-order chi connectivity index (χ0) is 18.9. The van der Waals surface area contributed by atoms with Gasteiger partial charge >= 0.3 is 5.97 Å². The Morgan fingerprint density at radius 1 is 1.15 bits per heavy atom. The molecule has 1 N–H and O–H groups in total. The number of carbonyl (C=O) groups is 2. The minimum atomic E-state index is -3.25. The Balaban J connectivity index is 1.74. The molecule has 2 aliphatic heterocycles. The molecule has 0 saturated carbocycles. The van der Waals surface area contributed by atoms with E-state index in [0.29, 0.717) is 38.9 Å². The molecule has 7 nitrogen and oxygen atoms in total. The van der Waals surface area contributed by atoms with Gasteiger partial charge < -0.3 is 10.0 Å². The predicted molar refractivity (Wildman–Crippen MR) is 95.9 cm³/mol. The molecule has 142 valence electrons. The normalized spacial score (nSPS) is 22.0. The first kappa shape index (κ1) is 18.8. The van der Waals surface area contributed by atoms with E-state index in [1.807, 2.05) is 24.3 Å². The lowest BCUT2D eigenvalue weighted by Gasteiger charge is -2.38. The van der Waals surface area contributed by atoms with Crippen molar-refractivity contribution in [2.75, 3.05) is 18.8 Å². The second-order valence-electron chi connectivity index (χ2n) is 6.87. The van der Waals surface area contributed by atoms with Crippen molar-refractivity contribution in [2.45, 2.75) is 38.8 Å². The fraction of sp³-hybridized carbons (Fsp3) is 0.556. The van der Waals surface area contributed by atoms with Crippen LogP contribution in [0.1, 0.15) is 30.9 Å². The third-order valence-electron chi connectivity index (χ3n) is 5.38. The summed E-state index contributed by atoms with van der Waals surface area (Å²) in [5, 5.41) is 9.58. The van der Waals surface area contributed by atoms with E-state index in [-0.39, 0.29) is 17.6 Å². The minimum absolute atomic E-state index is 0.0512. The number of fused-ring (bicyclic) bond motifs is 1. The molecule has 1 aromatic carbocycles. The number of rotatable bonds is 4. The average molecular weight is 380 g/mol. The summed E-state index contributed by atoms with van der Waals surface area (Å²) in [5.74, 6) is -1.46. The number of amides is 1. The van der Waals surface area contributed by atoms with Gasteiger partial charge in [0.15, 0.2) is 0 Å². The molecule has 0 radical (unpaired) electrons. The number of carboxylic acid groups (broad SMARTS) is 1. The van der Waals surface area contributed by atoms with Crippen LogP contribution in [0.4, 0.5) is 0 Å². The van der Waals surface area contributed by atoms with Crippen LogP contribution in [0.2, 0.25) is 0 Å². The summed E-state index contributed by atoms with van der Waals surface area (Å²) < 4.78 is 25.4. The predicted octanol–water partition coefficient (Wildman–Crippen LogP) is 1.09. The third-order valence-corrected chi connectivity index (χ3v) is 7.26. The highest BCUT2D eigenvalue weighted by atomic mass is 32.2. The molecular formula is C18H24N2O5S. The SMILES string of the molecule is CCS(=O)(=O)N1CCC(C(=O)N2Cc3ccccc3CC2C(=O)O)CC1. The number of piperidine rings is 1. The molecule has 8 heteroatoms. The molecule has 2 aliphatic rings. The van der Waals surface area contributed by atoms with Crippen LogP contribution < -0.4 is 0 Å². The van der Waals surface area contributed by atoms with Gasteiger partial charge in [-0.15, -0.1) is 0 Å². The van der Waals surface area contributed by atoms with Crippen LogP contribution in [0.3, 0.4) is 0 Å². The number of carboxylic acids is 1. The van der Waals surface area contributed by atoms with Gasteiger partial charge in [-0.25, -0.2) is 17.5 Å². The van der Waals surface area contributed by atoms with E-state index in [4.69, 9.17) is 0 Å². The number of benzene rings is 1. The van der Waals surface area contributed by atoms with Crippen molar-refractivity contribution in [1.82, 2.24) is 9.21 Å². The maximum Gasteiger partial charge on any atom is 0.326 e. The van der Waals surface area contributed by atoms with Gasteiger partial charge in [0.2, 0.25) is 15.9 Å². The van der Waals surface area contributed by atoms with Gasteiger partial charge in [0, 0.05) is 32.0 Å². The highest BCUT2D eigenvalue weighted by Gasteiger charge is 2.39. The van der Waals surface area contributed by atoms with Crippen LogP contribution in [0, 0.1) is 5.92 Å². The highest BCUT2D eigenvalue weighted by Crippen LogP contribution is 2.28. The maximum absolute atomic E-state index is 13.0. The lowest BCUT2D eigenvalue weighted by atomic mass is 9.90. The molecule has 0 spiro atoms. The van der Waals surface area contributed by atoms with Crippen molar-refractivity contribution in [3.8, 4) is 0 Å². The Morgan fingerprint density at radius 3 is 2.35 bits per heavy atom. The molecule has 1 saturated heterocycles. The summed E-state index contributed by atoms with van der Waals surface area (Å²) in [4.78, 5) is 26.2. The molecule has 3 rings (SSSR count). The van der Waals surface area contributed by atoms with Gasteiger partial charge in [-0.05, 0) is 30.9 Å². The summed E-state index contributed by atoms with van der Waals surface area (Å²) in [6.07, 6.45) is 1.17. The lowest BCUT2D eigenvalue weighted by Crippen LogP contribution is -2.52. The Bertz CT molecular complexity index is 800. The van der Waals surface area contributed by atoms with Gasteiger partial charge in [0.25, 0.3) is 0 Å². The number of carbonyl (C=O) groups excluding carboxylic acids is 1. The first-order valence-corrected chi connectivity index (χ1v) is 10.5. The Kier molecular flexibility index (Phi) is 5.34. The smallest absolute Gasteiger partial charge is 0.326 e. The largest absolute Gasteiger partial charge is 0.480 e. The summed E-state index contributed by atoms with van der Waals surface area (Å²) in [6, 6.07) is 6.72. The fourth-order valence-electron chi connectivity index (χ4n) is 3.77. The third kappa shape index (κ3) is 3.61. The molecule has 0 bridgehead atoms. The zero-order valence-corrected chi connectivity index (χ0v) is 15.6. The number of nitrogens with zero attached hydrogens (tertiary/aromatic N) is 2. The Labute approximate surface area is 153 Å². The van der Waals surface area contributed by atoms with Crippen LogP contribution >= 0.6 is 0 Å². The van der Waals surface area contributed by atoms with Crippen molar-refractivity contribution in [3.63, 3.8) is 0 Å². The number of sulfonamides is 1. The monoisotopic (exact) mass is 380 g/mol. The maximum atomic E-state index is 13.0. The molecule has 1 fully saturated rings. The molecule has 0 aromatic heterocycles. The van der Waals surface area contributed by atoms with Crippen molar-refractivity contribution < 1.29 is 23.1 Å². The van der Waals surface area contributed by atoms with Crippen molar-refractivity contribution in [2.24, 2.45) is 5.92 Å². The molecule has 1 amide bonds. The second kappa shape index (κ2) is 7.36. The number of hydrogen-bond donors (Lipinski definition) is 1. The molecule has 26 heavy (non-hydrogen) atoms. The van der Waals surface area contributed by atoms with Gasteiger partial charge in [0.1, 0.15) is 6.04 Å². The molecule has 0 aliphatic carbocycles. The van der Waals surface area contributed by atoms with Gasteiger partial charge in [-0.3, -0.25) is 4.79 Å². The average Bonchev–Trinajstić information content (AvgIpc) is 2.66. The van der Waals surface area contributed by atoms with E-state index in [2.05, 4.69) is 0 Å². The first-order chi connectivity index (χ1) is 12.3. The number of hydrogen-bond acceptors (Lipinski definition) is 4. The second-order valence-corrected chi connectivity index (χ2v) is 9.12. The Hall–Kier alpha value is -1.93. The summed E-state index contributed by atoms with van der Waals surface area (Å²) in [5.41, 5.74) is 1.94.